The smallest absolute Gasteiger partial charge is 0.337 e. The number of hydrogen-bond donors (Lipinski definition) is 1. The molecule has 19 heavy (non-hydrogen) atoms. The van der Waals surface area contributed by atoms with Gasteiger partial charge in [0.25, 0.3) is 0 Å². The lowest BCUT2D eigenvalue weighted by atomic mass is 9.95. The van der Waals surface area contributed by atoms with Crippen molar-refractivity contribution >= 4 is 5.97 Å². The number of aromatic nitrogens is 1. The van der Waals surface area contributed by atoms with Crippen molar-refractivity contribution < 1.29 is 14.6 Å². The highest BCUT2D eigenvalue weighted by Gasteiger charge is 2.25. The van der Waals surface area contributed by atoms with Gasteiger partial charge in [-0.3, -0.25) is 0 Å². The summed E-state index contributed by atoms with van der Waals surface area (Å²) in [5, 5.41) is 9.38. The van der Waals surface area contributed by atoms with Crippen LogP contribution in [0.5, 0.6) is 0 Å². The number of aromatic carboxylic acids is 1. The largest absolute Gasteiger partial charge is 0.478 e. The maximum Gasteiger partial charge on any atom is 0.337 e. The monoisotopic (exact) mass is 265 g/mol. The van der Waals surface area contributed by atoms with Gasteiger partial charge in [0.15, 0.2) is 0 Å². The third-order valence-electron chi connectivity index (χ3n) is 4.14. The second-order valence-corrected chi connectivity index (χ2v) is 5.18. The zero-order chi connectivity index (χ0) is 13.8. The number of carboxylic acids is 1. The standard InChI is InChI=1S/C15H23NO3/c1-3-11(4-2)14-13(15(17)18)5-8-16(14)12-6-9-19-10-7-12/h5,8,11-12H,3-4,6-7,9-10H2,1-2H3,(H,17,18). The molecule has 106 valence electrons. The van der Waals surface area contributed by atoms with Gasteiger partial charge in [-0.2, -0.15) is 0 Å². The van der Waals surface area contributed by atoms with E-state index in [2.05, 4.69) is 18.4 Å². The summed E-state index contributed by atoms with van der Waals surface area (Å²) in [5.74, 6) is -0.489. The molecule has 0 saturated carbocycles. The summed E-state index contributed by atoms with van der Waals surface area (Å²) >= 11 is 0. The maximum absolute atomic E-state index is 11.4. The minimum Gasteiger partial charge on any atom is -0.478 e. The fourth-order valence-electron chi connectivity index (χ4n) is 3.03. The molecule has 2 rings (SSSR count). The molecule has 0 spiro atoms. The Morgan fingerprint density at radius 1 is 1.42 bits per heavy atom. The van der Waals surface area contributed by atoms with E-state index >= 15 is 0 Å². The van der Waals surface area contributed by atoms with E-state index in [0.717, 1.165) is 44.6 Å². The van der Waals surface area contributed by atoms with Crippen molar-refractivity contribution in [3.63, 3.8) is 0 Å². The average Bonchev–Trinajstić information content (AvgIpc) is 2.86. The summed E-state index contributed by atoms with van der Waals surface area (Å²) in [6.45, 7) is 5.80. The second kappa shape index (κ2) is 6.24. The van der Waals surface area contributed by atoms with Crippen LogP contribution in [0.25, 0.3) is 0 Å². The lowest BCUT2D eigenvalue weighted by molar-refractivity contribution is 0.0673. The normalized spacial score (nSPS) is 17.0. The number of ether oxygens (including phenoxy) is 1. The maximum atomic E-state index is 11.4. The van der Waals surface area contributed by atoms with Crippen molar-refractivity contribution in [2.75, 3.05) is 13.2 Å². The molecular formula is C15H23NO3. The van der Waals surface area contributed by atoms with Gasteiger partial charge in [0, 0.05) is 31.1 Å². The summed E-state index contributed by atoms with van der Waals surface area (Å²) in [6.07, 6.45) is 5.85. The van der Waals surface area contributed by atoms with Crippen LogP contribution >= 0.6 is 0 Å². The number of nitrogens with zero attached hydrogens (tertiary/aromatic N) is 1. The lowest BCUT2D eigenvalue weighted by Crippen LogP contribution is -2.22. The van der Waals surface area contributed by atoms with Crippen LogP contribution in [0.2, 0.25) is 0 Å². The van der Waals surface area contributed by atoms with Crippen molar-refractivity contribution in [2.24, 2.45) is 0 Å². The Hall–Kier alpha value is -1.29. The molecule has 2 heterocycles. The molecule has 1 aromatic heterocycles. The lowest BCUT2D eigenvalue weighted by Gasteiger charge is -2.28. The number of carboxylic acid groups (broad SMARTS) is 1. The van der Waals surface area contributed by atoms with E-state index in [4.69, 9.17) is 4.74 Å². The SMILES string of the molecule is CCC(CC)c1c(C(=O)O)ccn1C1CCOCC1. The van der Waals surface area contributed by atoms with Crippen molar-refractivity contribution in [1.82, 2.24) is 4.57 Å². The Kier molecular flexibility index (Phi) is 4.64. The van der Waals surface area contributed by atoms with Gasteiger partial charge in [0.05, 0.1) is 5.56 Å². The van der Waals surface area contributed by atoms with Crippen LogP contribution in [0, 0.1) is 0 Å². The topological polar surface area (TPSA) is 51.5 Å². The van der Waals surface area contributed by atoms with E-state index < -0.39 is 5.97 Å². The zero-order valence-electron chi connectivity index (χ0n) is 11.8. The molecule has 1 aliphatic rings. The second-order valence-electron chi connectivity index (χ2n) is 5.18. The molecule has 0 bridgehead atoms. The van der Waals surface area contributed by atoms with Gasteiger partial charge in [-0.25, -0.2) is 4.79 Å². The predicted octanol–water partition coefficient (Wildman–Crippen LogP) is 3.44. The Bertz CT molecular complexity index is 429. The first-order chi connectivity index (χ1) is 9.19. The molecule has 1 fully saturated rings. The zero-order valence-corrected chi connectivity index (χ0v) is 11.8. The molecule has 0 atom stereocenters. The highest BCUT2D eigenvalue weighted by molar-refractivity contribution is 5.89. The average molecular weight is 265 g/mol. The Balaban J connectivity index is 2.39. The summed E-state index contributed by atoms with van der Waals surface area (Å²) in [6, 6.07) is 2.14. The summed E-state index contributed by atoms with van der Waals surface area (Å²) in [5.41, 5.74) is 1.48. The van der Waals surface area contributed by atoms with Crippen molar-refractivity contribution in [3.05, 3.63) is 23.5 Å². The molecule has 1 N–H and O–H groups in total. The third-order valence-corrected chi connectivity index (χ3v) is 4.14. The molecule has 1 saturated heterocycles. The van der Waals surface area contributed by atoms with E-state index in [9.17, 15) is 9.90 Å². The van der Waals surface area contributed by atoms with Gasteiger partial charge in [-0.05, 0) is 37.7 Å². The summed E-state index contributed by atoms with van der Waals surface area (Å²) in [4.78, 5) is 11.4. The molecule has 0 aliphatic carbocycles. The fraction of sp³-hybridized carbons (Fsp3) is 0.667. The van der Waals surface area contributed by atoms with Gasteiger partial charge >= 0.3 is 5.97 Å². The quantitative estimate of drug-likeness (QED) is 0.887. The Morgan fingerprint density at radius 2 is 2.05 bits per heavy atom. The third kappa shape index (κ3) is 2.84. The number of hydrogen-bond acceptors (Lipinski definition) is 2. The molecule has 0 unspecified atom stereocenters. The van der Waals surface area contributed by atoms with E-state index in [1.807, 2.05) is 6.20 Å². The fourth-order valence-corrected chi connectivity index (χ4v) is 3.03. The van der Waals surface area contributed by atoms with E-state index in [1.165, 1.54) is 0 Å². The van der Waals surface area contributed by atoms with Gasteiger partial charge in [0.2, 0.25) is 0 Å². The molecular weight excluding hydrogens is 242 g/mol. The molecule has 0 aromatic carbocycles. The van der Waals surface area contributed by atoms with E-state index in [-0.39, 0.29) is 0 Å². The van der Waals surface area contributed by atoms with Gasteiger partial charge in [0.1, 0.15) is 0 Å². The van der Waals surface area contributed by atoms with Crippen LogP contribution < -0.4 is 0 Å². The van der Waals surface area contributed by atoms with Gasteiger partial charge < -0.3 is 14.4 Å². The van der Waals surface area contributed by atoms with Crippen molar-refractivity contribution in [3.8, 4) is 0 Å². The van der Waals surface area contributed by atoms with Crippen LogP contribution in [0.1, 0.15) is 67.5 Å². The van der Waals surface area contributed by atoms with Crippen LogP contribution in [-0.4, -0.2) is 28.9 Å². The molecule has 4 heteroatoms. The highest BCUT2D eigenvalue weighted by atomic mass is 16.5. The molecule has 0 amide bonds. The first-order valence-corrected chi connectivity index (χ1v) is 7.20. The van der Waals surface area contributed by atoms with Crippen LogP contribution in [-0.2, 0) is 4.74 Å². The molecule has 4 nitrogen and oxygen atoms in total. The number of carbonyl (C=O) groups is 1. The highest BCUT2D eigenvalue weighted by Crippen LogP contribution is 2.32. The Labute approximate surface area is 114 Å². The minimum atomic E-state index is -0.812. The predicted molar refractivity (Wildman–Crippen MR) is 73.8 cm³/mol. The van der Waals surface area contributed by atoms with E-state index in [1.54, 1.807) is 6.07 Å². The first kappa shape index (κ1) is 14.1. The molecule has 1 aromatic rings. The van der Waals surface area contributed by atoms with Crippen molar-refractivity contribution in [1.29, 1.82) is 0 Å². The number of rotatable bonds is 5. The summed E-state index contributed by atoms with van der Waals surface area (Å²) in [7, 11) is 0. The van der Waals surface area contributed by atoms with Crippen LogP contribution in [0.15, 0.2) is 12.3 Å². The first-order valence-electron chi connectivity index (χ1n) is 7.20. The van der Waals surface area contributed by atoms with Gasteiger partial charge in [-0.15, -0.1) is 0 Å². The molecule has 0 radical (unpaired) electrons. The van der Waals surface area contributed by atoms with E-state index in [0.29, 0.717) is 17.5 Å². The van der Waals surface area contributed by atoms with Crippen LogP contribution in [0.4, 0.5) is 0 Å². The molecule has 1 aliphatic heterocycles. The van der Waals surface area contributed by atoms with Crippen molar-refractivity contribution in [2.45, 2.75) is 51.5 Å². The minimum absolute atomic E-state index is 0.323. The van der Waals surface area contributed by atoms with Gasteiger partial charge in [-0.1, -0.05) is 13.8 Å². The Morgan fingerprint density at radius 3 is 2.58 bits per heavy atom. The summed E-state index contributed by atoms with van der Waals surface area (Å²) < 4.78 is 7.60. The van der Waals surface area contributed by atoms with Crippen LogP contribution in [0.3, 0.4) is 0 Å².